The van der Waals surface area contributed by atoms with Gasteiger partial charge in [-0.1, -0.05) is 30.3 Å². The highest BCUT2D eigenvalue weighted by Gasteiger charge is 2.16. The molecule has 1 aromatic heterocycles. The summed E-state index contributed by atoms with van der Waals surface area (Å²) in [7, 11) is 1.64. The van der Waals surface area contributed by atoms with Crippen molar-refractivity contribution < 1.29 is 14.6 Å². The van der Waals surface area contributed by atoms with Crippen LogP contribution in [0.5, 0.6) is 5.75 Å². The standard InChI is InChI=1S/C18H18N2O3/c1-23-13-5-2-4-11(8-13)14-6-3-7-15-12(10-20-17(14)15)9-16(19)18(21)22/h2-8,10,16,20H,9,19H2,1H3,(H,21,22). The van der Waals surface area contributed by atoms with Crippen molar-refractivity contribution in [3.05, 3.63) is 54.2 Å². The lowest BCUT2D eigenvalue weighted by Crippen LogP contribution is -2.32. The number of benzene rings is 2. The third kappa shape index (κ3) is 2.91. The summed E-state index contributed by atoms with van der Waals surface area (Å²) in [4.78, 5) is 14.2. The molecule has 118 valence electrons. The van der Waals surface area contributed by atoms with Gasteiger partial charge in [-0.3, -0.25) is 4.79 Å². The molecular weight excluding hydrogens is 292 g/mol. The molecule has 0 amide bonds. The molecule has 0 aliphatic heterocycles. The van der Waals surface area contributed by atoms with E-state index in [0.717, 1.165) is 33.3 Å². The molecule has 0 fully saturated rings. The number of nitrogens with one attached hydrogen (secondary N) is 1. The third-order valence-electron chi connectivity index (χ3n) is 3.94. The van der Waals surface area contributed by atoms with E-state index in [1.165, 1.54) is 0 Å². The Morgan fingerprint density at radius 2 is 2.09 bits per heavy atom. The van der Waals surface area contributed by atoms with E-state index in [0.29, 0.717) is 0 Å². The van der Waals surface area contributed by atoms with Gasteiger partial charge in [0.05, 0.1) is 12.6 Å². The number of carbonyl (C=O) groups is 1. The summed E-state index contributed by atoms with van der Waals surface area (Å²) in [5.41, 5.74) is 9.60. The molecule has 0 bridgehead atoms. The van der Waals surface area contributed by atoms with Gasteiger partial charge in [-0.25, -0.2) is 0 Å². The molecule has 0 saturated heterocycles. The van der Waals surface area contributed by atoms with E-state index < -0.39 is 12.0 Å². The molecule has 0 spiro atoms. The van der Waals surface area contributed by atoms with Crippen molar-refractivity contribution in [2.75, 3.05) is 7.11 Å². The van der Waals surface area contributed by atoms with Crippen molar-refractivity contribution in [1.82, 2.24) is 4.98 Å². The van der Waals surface area contributed by atoms with Gasteiger partial charge in [0.2, 0.25) is 0 Å². The lowest BCUT2D eigenvalue weighted by molar-refractivity contribution is -0.138. The zero-order valence-corrected chi connectivity index (χ0v) is 12.7. The number of hydrogen-bond acceptors (Lipinski definition) is 3. The summed E-state index contributed by atoms with van der Waals surface area (Å²) in [5, 5.41) is 9.98. The number of hydrogen-bond donors (Lipinski definition) is 3. The Kier molecular flexibility index (Phi) is 4.04. The molecule has 2 aromatic carbocycles. The molecule has 1 heterocycles. The van der Waals surface area contributed by atoms with E-state index in [9.17, 15) is 4.79 Å². The molecule has 0 aliphatic rings. The van der Waals surface area contributed by atoms with Crippen LogP contribution in [-0.2, 0) is 11.2 Å². The molecule has 4 N–H and O–H groups in total. The number of carboxylic acids is 1. The molecule has 1 unspecified atom stereocenters. The average molecular weight is 310 g/mol. The van der Waals surface area contributed by atoms with Crippen molar-refractivity contribution in [3.8, 4) is 16.9 Å². The molecule has 3 aromatic rings. The van der Waals surface area contributed by atoms with Crippen molar-refractivity contribution in [2.24, 2.45) is 5.73 Å². The van der Waals surface area contributed by atoms with Crippen molar-refractivity contribution in [1.29, 1.82) is 0 Å². The third-order valence-corrected chi connectivity index (χ3v) is 3.94. The zero-order valence-electron chi connectivity index (χ0n) is 12.7. The second-order valence-corrected chi connectivity index (χ2v) is 5.42. The number of ether oxygens (including phenoxy) is 1. The lowest BCUT2D eigenvalue weighted by Gasteiger charge is -2.08. The summed E-state index contributed by atoms with van der Waals surface area (Å²) < 4.78 is 5.28. The van der Waals surface area contributed by atoms with E-state index in [2.05, 4.69) is 4.98 Å². The molecule has 5 nitrogen and oxygen atoms in total. The molecule has 0 radical (unpaired) electrons. The molecule has 0 aliphatic carbocycles. The van der Waals surface area contributed by atoms with Crippen LogP contribution >= 0.6 is 0 Å². The topological polar surface area (TPSA) is 88.3 Å². The second-order valence-electron chi connectivity index (χ2n) is 5.42. The largest absolute Gasteiger partial charge is 0.497 e. The number of para-hydroxylation sites is 1. The minimum absolute atomic E-state index is 0.289. The monoisotopic (exact) mass is 310 g/mol. The minimum atomic E-state index is -0.997. The van der Waals surface area contributed by atoms with Gasteiger partial charge in [0, 0.05) is 23.6 Å². The predicted molar refractivity (Wildman–Crippen MR) is 89.6 cm³/mol. The van der Waals surface area contributed by atoms with Gasteiger partial charge in [-0.2, -0.15) is 0 Å². The van der Waals surface area contributed by atoms with Crippen LogP contribution in [0.2, 0.25) is 0 Å². The Morgan fingerprint density at radius 3 is 2.83 bits per heavy atom. The molecule has 3 rings (SSSR count). The fraction of sp³-hybridized carbons (Fsp3) is 0.167. The van der Waals surface area contributed by atoms with E-state index in [4.69, 9.17) is 15.6 Å². The van der Waals surface area contributed by atoms with Gasteiger partial charge < -0.3 is 20.6 Å². The Balaban J connectivity index is 2.06. The second kappa shape index (κ2) is 6.14. The minimum Gasteiger partial charge on any atom is -0.497 e. The highest BCUT2D eigenvalue weighted by Crippen LogP contribution is 2.31. The Morgan fingerprint density at radius 1 is 1.30 bits per heavy atom. The van der Waals surface area contributed by atoms with Crippen molar-refractivity contribution in [3.63, 3.8) is 0 Å². The number of H-pyrrole nitrogens is 1. The van der Waals surface area contributed by atoms with Crippen LogP contribution in [-0.4, -0.2) is 29.2 Å². The lowest BCUT2D eigenvalue weighted by atomic mass is 10.00. The first-order chi connectivity index (χ1) is 11.1. The van der Waals surface area contributed by atoms with Crippen molar-refractivity contribution >= 4 is 16.9 Å². The maximum atomic E-state index is 11.0. The van der Waals surface area contributed by atoms with Gasteiger partial charge in [-0.15, -0.1) is 0 Å². The van der Waals surface area contributed by atoms with Crippen LogP contribution in [0.4, 0.5) is 0 Å². The zero-order chi connectivity index (χ0) is 16.4. The van der Waals surface area contributed by atoms with E-state index in [1.54, 1.807) is 7.11 Å². The van der Waals surface area contributed by atoms with Crippen LogP contribution in [0, 0.1) is 0 Å². The molecule has 0 saturated carbocycles. The number of methoxy groups -OCH3 is 1. The number of fused-ring (bicyclic) bond motifs is 1. The summed E-state index contributed by atoms with van der Waals surface area (Å²) in [6.07, 6.45) is 2.12. The molecule has 1 atom stereocenters. The van der Waals surface area contributed by atoms with Gasteiger partial charge in [0.25, 0.3) is 0 Å². The van der Waals surface area contributed by atoms with E-state index in [1.807, 2.05) is 48.7 Å². The maximum Gasteiger partial charge on any atom is 0.320 e. The summed E-state index contributed by atoms with van der Waals surface area (Å²) >= 11 is 0. The quantitative estimate of drug-likeness (QED) is 0.676. The first kappa shape index (κ1) is 15.1. The smallest absolute Gasteiger partial charge is 0.320 e. The van der Waals surface area contributed by atoms with Crippen LogP contribution in [0.1, 0.15) is 5.56 Å². The number of aliphatic carboxylic acids is 1. The van der Waals surface area contributed by atoms with Crippen LogP contribution in [0.25, 0.3) is 22.0 Å². The first-order valence-corrected chi connectivity index (χ1v) is 7.32. The van der Waals surface area contributed by atoms with Crippen LogP contribution in [0.3, 0.4) is 0 Å². The summed E-state index contributed by atoms with van der Waals surface area (Å²) in [6, 6.07) is 12.9. The Labute approximate surface area is 133 Å². The Bertz CT molecular complexity index is 854. The normalized spacial score (nSPS) is 12.3. The summed E-state index contributed by atoms with van der Waals surface area (Å²) in [6.45, 7) is 0. The van der Waals surface area contributed by atoms with Gasteiger partial charge in [0.15, 0.2) is 0 Å². The van der Waals surface area contributed by atoms with Gasteiger partial charge in [-0.05, 0) is 23.3 Å². The summed E-state index contributed by atoms with van der Waals surface area (Å²) in [5.74, 6) is -0.206. The number of rotatable bonds is 5. The molecular formula is C18H18N2O3. The number of aromatic nitrogens is 1. The van der Waals surface area contributed by atoms with Crippen LogP contribution in [0.15, 0.2) is 48.7 Å². The average Bonchev–Trinajstić information content (AvgIpc) is 2.98. The first-order valence-electron chi connectivity index (χ1n) is 7.32. The van der Waals surface area contributed by atoms with E-state index >= 15 is 0 Å². The van der Waals surface area contributed by atoms with E-state index in [-0.39, 0.29) is 6.42 Å². The molecule has 5 heteroatoms. The molecule has 23 heavy (non-hydrogen) atoms. The number of aromatic amines is 1. The SMILES string of the molecule is COc1cccc(-c2cccc3c(CC(N)C(=O)O)c[nH]c23)c1. The maximum absolute atomic E-state index is 11.0. The highest BCUT2D eigenvalue weighted by molar-refractivity contribution is 5.96. The fourth-order valence-electron chi connectivity index (χ4n) is 2.74. The number of carboxylic acid groups (broad SMARTS) is 1. The highest BCUT2D eigenvalue weighted by atomic mass is 16.5. The van der Waals surface area contributed by atoms with Gasteiger partial charge >= 0.3 is 5.97 Å². The predicted octanol–water partition coefficient (Wildman–Crippen LogP) is 2.80. The Hall–Kier alpha value is -2.79. The van der Waals surface area contributed by atoms with Gasteiger partial charge in [0.1, 0.15) is 11.8 Å². The fourth-order valence-corrected chi connectivity index (χ4v) is 2.74. The van der Waals surface area contributed by atoms with Crippen molar-refractivity contribution in [2.45, 2.75) is 12.5 Å². The number of nitrogens with two attached hydrogens (primary N) is 1. The van der Waals surface area contributed by atoms with Crippen LogP contribution < -0.4 is 10.5 Å².